The second kappa shape index (κ2) is 6.02. The third kappa shape index (κ3) is 2.51. The van der Waals surface area contributed by atoms with Crippen LogP contribution in [0.3, 0.4) is 0 Å². The molecule has 0 bridgehead atoms. The molecule has 6 nitrogen and oxygen atoms in total. The summed E-state index contributed by atoms with van der Waals surface area (Å²) in [6.45, 7) is 8.30. The minimum atomic E-state index is 0.397. The van der Waals surface area contributed by atoms with E-state index in [4.69, 9.17) is 10.1 Å². The summed E-state index contributed by atoms with van der Waals surface area (Å²) in [5.41, 5.74) is 3.29. The molecule has 6 heteroatoms. The number of rotatable bonds is 1. The highest BCUT2D eigenvalue weighted by Gasteiger charge is 2.33. The predicted octanol–water partition coefficient (Wildman–Crippen LogP) is 1.30. The molecule has 3 heterocycles. The Kier molecular flexibility index (Phi) is 3.84. The SMILES string of the molecule is Cc1ccc2nc(N3CCNCC3)c3[n+](c2c1)N=CCC(C)N3C. The average molecular weight is 325 g/mol. The number of fused-ring (bicyclic) bond motifs is 3. The molecule has 0 amide bonds. The number of benzene rings is 1. The van der Waals surface area contributed by atoms with Gasteiger partial charge in [0.25, 0.3) is 0 Å². The summed E-state index contributed by atoms with van der Waals surface area (Å²) in [5.74, 6) is 2.14. The van der Waals surface area contributed by atoms with Crippen molar-refractivity contribution in [1.29, 1.82) is 0 Å². The molecule has 2 aromatic rings. The molecule has 4 rings (SSSR count). The average Bonchev–Trinajstić information content (AvgIpc) is 2.75. The lowest BCUT2D eigenvalue weighted by atomic mass is 10.2. The summed E-state index contributed by atoms with van der Waals surface area (Å²) >= 11 is 0. The van der Waals surface area contributed by atoms with Crippen molar-refractivity contribution in [3.8, 4) is 0 Å². The highest BCUT2D eigenvalue weighted by Crippen LogP contribution is 2.29. The molecule has 1 atom stereocenters. The van der Waals surface area contributed by atoms with Crippen molar-refractivity contribution < 1.29 is 4.68 Å². The van der Waals surface area contributed by atoms with Crippen LogP contribution in [0.1, 0.15) is 18.9 Å². The molecule has 1 unspecified atom stereocenters. The van der Waals surface area contributed by atoms with Crippen LogP contribution in [-0.2, 0) is 0 Å². The van der Waals surface area contributed by atoms with Crippen LogP contribution in [0.4, 0.5) is 11.6 Å². The molecule has 0 aliphatic carbocycles. The number of hydrogen-bond acceptors (Lipinski definition) is 5. The van der Waals surface area contributed by atoms with Gasteiger partial charge in [-0.1, -0.05) is 15.8 Å². The Morgan fingerprint density at radius 2 is 2.04 bits per heavy atom. The topological polar surface area (TPSA) is 47.6 Å². The Bertz CT molecular complexity index is 794. The van der Waals surface area contributed by atoms with Gasteiger partial charge in [-0.3, -0.25) is 4.90 Å². The molecule has 1 aromatic carbocycles. The maximum Gasteiger partial charge on any atom is 0.346 e. The van der Waals surface area contributed by atoms with E-state index in [-0.39, 0.29) is 0 Å². The molecule has 1 saturated heterocycles. The number of nitrogens with zero attached hydrogens (tertiary/aromatic N) is 5. The van der Waals surface area contributed by atoms with Gasteiger partial charge in [0, 0.05) is 32.6 Å². The van der Waals surface area contributed by atoms with Crippen molar-refractivity contribution in [2.45, 2.75) is 26.3 Å². The molecule has 0 saturated carbocycles. The smallest absolute Gasteiger partial charge is 0.346 e. The van der Waals surface area contributed by atoms with Crippen molar-refractivity contribution in [3.63, 3.8) is 0 Å². The number of aryl methyl sites for hydroxylation is 1. The molecular formula is C18H25N6+. The van der Waals surface area contributed by atoms with E-state index in [1.165, 1.54) is 5.56 Å². The molecule has 0 radical (unpaired) electrons. The first-order valence-corrected chi connectivity index (χ1v) is 8.73. The van der Waals surface area contributed by atoms with Gasteiger partial charge in [-0.2, -0.15) is 0 Å². The first-order chi connectivity index (χ1) is 11.6. The fourth-order valence-electron chi connectivity index (χ4n) is 3.43. The first kappa shape index (κ1) is 15.3. The Morgan fingerprint density at radius 1 is 1.25 bits per heavy atom. The minimum absolute atomic E-state index is 0.397. The predicted molar refractivity (Wildman–Crippen MR) is 98.1 cm³/mol. The fourth-order valence-corrected chi connectivity index (χ4v) is 3.43. The van der Waals surface area contributed by atoms with E-state index in [2.05, 4.69) is 58.9 Å². The largest absolute Gasteiger partial charge is 0.347 e. The van der Waals surface area contributed by atoms with E-state index in [1.54, 1.807) is 0 Å². The van der Waals surface area contributed by atoms with Crippen LogP contribution in [0, 0.1) is 6.92 Å². The Morgan fingerprint density at radius 3 is 2.83 bits per heavy atom. The van der Waals surface area contributed by atoms with Gasteiger partial charge in [-0.15, -0.1) is 0 Å². The second-order valence-electron chi connectivity index (χ2n) is 6.79. The number of anilines is 2. The van der Waals surface area contributed by atoms with Gasteiger partial charge in [0.05, 0.1) is 19.3 Å². The molecule has 126 valence electrons. The summed E-state index contributed by atoms with van der Waals surface area (Å²) in [6, 6.07) is 6.80. The number of aromatic nitrogens is 2. The zero-order chi connectivity index (χ0) is 16.7. The van der Waals surface area contributed by atoms with Gasteiger partial charge in [0.1, 0.15) is 5.52 Å². The van der Waals surface area contributed by atoms with E-state index in [1.807, 2.05) is 6.21 Å². The van der Waals surface area contributed by atoms with Gasteiger partial charge in [-0.05, 0) is 31.5 Å². The minimum Gasteiger partial charge on any atom is -0.347 e. The maximum atomic E-state index is 5.04. The van der Waals surface area contributed by atoms with E-state index in [0.29, 0.717) is 6.04 Å². The lowest BCUT2D eigenvalue weighted by Gasteiger charge is -2.30. The molecule has 0 spiro atoms. The van der Waals surface area contributed by atoms with Crippen LogP contribution in [0.15, 0.2) is 23.3 Å². The zero-order valence-electron chi connectivity index (χ0n) is 14.7. The Labute approximate surface area is 142 Å². The van der Waals surface area contributed by atoms with Crippen molar-refractivity contribution in [1.82, 2.24) is 10.3 Å². The molecule has 2 aliphatic rings. The summed E-state index contributed by atoms with van der Waals surface area (Å²) in [6.07, 6.45) is 2.97. The molecule has 2 aliphatic heterocycles. The molecular weight excluding hydrogens is 300 g/mol. The van der Waals surface area contributed by atoms with Crippen molar-refractivity contribution in [2.75, 3.05) is 43.0 Å². The van der Waals surface area contributed by atoms with E-state index < -0.39 is 0 Å². The molecule has 24 heavy (non-hydrogen) atoms. The highest BCUT2D eigenvalue weighted by molar-refractivity contribution is 5.78. The quantitative estimate of drug-likeness (QED) is 0.803. The van der Waals surface area contributed by atoms with Gasteiger partial charge in [-0.25, -0.2) is 4.98 Å². The van der Waals surface area contributed by atoms with Crippen molar-refractivity contribution in [3.05, 3.63) is 23.8 Å². The highest BCUT2D eigenvalue weighted by atomic mass is 15.5. The van der Waals surface area contributed by atoms with Crippen molar-refractivity contribution in [2.24, 2.45) is 5.10 Å². The maximum absolute atomic E-state index is 5.04. The molecule has 1 N–H and O–H groups in total. The van der Waals surface area contributed by atoms with Crippen LogP contribution in [0.25, 0.3) is 11.0 Å². The standard InChI is InChI=1S/C18H25N6/c1-13-4-5-15-16(12-13)24-18(22(3)14(2)6-7-20-24)17(21-15)23-10-8-19-9-11-23/h4-5,7,12,14,19H,6,8-11H2,1-3H3/q+1. The van der Waals surface area contributed by atoms with Crippen LogP contribution in [0.2, 0.25) is 0 Å². The number of nitrogens with one attached hydrogen (secondary N) is 1. The zero-order valence-corrected chi connectivity index (χ0v) is 14.7. The second-order valence-corrected chi connectivity index (χ2v) is 6.79. The van der Waals surface area contributed by atoms with Crippen LogP contribution >= 0.6 is 0 Å². The molecule has 1 fully saturated rings. The Hall–Kier alpha value is -2.21. The monoisotopic (exact) mass is 325 g/mol. The van der Waals surface area contributed by atoms with Crippen molar-refractivity contribution >= 4 is 28.9 Å². The number of piperazine rings is 1. The van der Waals surface area contributed by atoms with E-state index >= 15 is 0 Å². The number of hydrogen-bond donors (Lipinski definition) is 1. The fraction of sp³-hybridized carbons (Fsp3) is 0.500. The molecule has 1 aromatic heterocycles. The van der Waals surface area contributed by atoms with Gasteiger partial charge in [0.15, 0.2) is 5.52 Å². The van der Waals surface area contributed by atoms with Crippen LogP contribution in [-0.4, -0.2) is 50.5 Å². The summed E-state index contributed by atoms with van der Waals surface area (Å²) in [4.78, 5) is 9.74. The lowest BCUT2D eigenvalue weighted by Crippen LogP contribution is -2.47. The Balaban J connectivity index is 1.99. The first-order valence-electron chi connectivity index (χ1n) is 8.73. The summed E-state index contributed by atoms with van der Waals surface area (Å²) in [7, 11) is 2.15. The summed E-state index contributed by atoms with van der Waals surface area (Å²) in [5, 5.41) is 8.20. The third-order valence-electron chi connectivity index (χ3n) is 5.04. The van der Waals surface area contributed by atoms with E-state index in [0.717, 1.165) is 55.3 Å². The van der Waals surface area contributed by atoms with Gasteiger partial charge >= 0.3 is 5.82 Å². The van der Waals surface area contributed by atoms with Crippen LogP contribution in [0.5, 0.6) is 0 Å². The van der Waals surface area contributed by atoms with Gasteiger partial charge in [0.2, 0.25) is 5.82 Å². The van der Waals surface area contributed by atoms with Crippen LogP contribution < -0.4 is 19.8 Å². The summed E-state index contributed by atoms with van der Waals surface area (Å²) < 4.78 is 2.08. The van der Waals surface area contributed by atoms with E-state index in [9.17, 15) is 0 Å². The lowest BCUT2D eigenvalue weighted by molar-refractivity contribution is -0.638. The third-order valence-corrected chi connectivity index (χ3v) is 5.04. The normalized spacial score (nSPS) is 21.0. The van der Waals surface area contributed by atoms with Gasteiger partial charge < -0.3 is 10.2 Å².